The molecule has 0 fully saturated rings. The number of carboxylic acid groups (broad SMARTS) is 2. The number of aryl methyl sites for hydroxylation is 1. The Morgan fingerprint density at radius 2 is 1.52 bits per heavy atom. The summed E-state index contributed by atoms with van der Waals surface area (Å²) in [6.07, 6.45) is 3.51. The minimum atomic E-state index is -1.22. The summed E-state index contributed by atoms with van der Waals surface area (Å²) >= 11 is 0. The van der Waals surface area contributed by atoms with Crippen molar-refractivity contribution in [1.82, 2.24) is 0 Å². The van der Waals surface area contributed by atoms with Crippen LogP contribution in [0.4, 0.5) is 0 Å². The third-order valence-electron chi connectivity index (χ3n) is 3.89. The number of aromatic carboxylic acids is 2. The second kappa shape index (κ2) is 7.58. The van der Waals surface area contributed by atoms with Gasteiger partial charge in [-0.2, -0.15) is 0 Å². The fraction of sp³-hybridized carbons (Fsp3) is 0.263. The van der Waals surface area contributed by atoms with Crippen LogP contribution >= 0.6 is 0 Å². The van der Waals surface area contributed by atoms with Crippen LogP contribution in [0.5, 0.6) is 0 Å². The van der Waals surface area contributed by atoms with Gasteiger partial charge >= 0.3 is 11.9 Å². The van der Waals surface area contributed by atoms with E-state index in [1.165, 1.54) is 11.6 Å². The molecule has 2 rings (SSSR count). The first-order valence-corrected chi connectivity index (χ1v) is 7.69. The Kier molecular flexibility index (Phi) is 5.52. The van der Waals surface area contributed by atoms with Crippen molar-refractivity contribution in [3.05, 3.63) is 70.3 Å². The van der Waals surface area contributed by atoms with Crippen LogP contribution in [-0.2, 0) is 12.8 Å². The number of rotatable bonds is 7. The fourth-order valence-electron chi connectivity index (χ4n) is 2.72. The second-order valence-electron chi connectivity index (χ2n) is 5.50. The van der Waals surface area contributed by atoms with Crippen LogP contribution < -0.4 is 0 Å². The molecule has 2 aromatic rings. The van der Waals surface area contributed by atoms with Gasteiger partial charge < -0.3 is 10.2 Å². The Bertz CT molecular complexity index is 719. The average Bonchev–Trinajstić information content (AvgIpc) is 2.53. The van der Waals surface area contributed by atoms with Gasteiger partial charge in [0.15, 0.2) is 0 Å². The lowest BCUT2D eigenvalue weighted by molar-refractivity contribution is 0.0650. The van der Waals surface area contributed by atoms with Gasteiger partial charge in [0, 0.05) is 0 Å². The molecule has 0 unspecified atom stereocenters. The van der Waals surface area contributed by atoms with Crippen LogP contribution in [-0.4, -0.2) is 22.2 Å². The molecule has 120 valence electrons. The standard InChI is InChI=1S/C19H20O4/c1-2-3-7-13-8-4-5-9-14(13)12-15-10-6-11-16(18(20)21)17(15)19(22)23/h4-6,8-11H,2-3,7,12H2,1H3,(H,20,21)(H,22,23). The average molecular weight is 312 g/mol. The first kappa shape index (κ1) is 16.7. The van der Waals surface area contributed by atoms with Crippen molar-refractivity contribution in [2.24, 2.45) is 0 Å². The summed E-state index contributed by atoms with van der Waals surface area (Å²) in [5.41, 5.74) is 2.48. The van der Waals surface area contributed by atoms with E-state index < -0.39 is 11.9 Å². The van der Waals surface area contributed by atoms with Crippen molar-refractivity contribution in [3.63, 3.8) is 0 Å². The predicted octanol–water partition coefficient (Wildman–Crippen LogP) is 4.02. The summed E-state index contributed by atoms with van der Waals surface area (Å²) < 4.78 is 0. The van der Waals surface area contributed by atoms with Crippen LogP contribution in [0.1, 0.15) is 57.2 Å². The fourth-order valence-corrected chi connectivity index (χ4v) is 2.72. The summed E-state index contributed by atoms with van der Waals surface area (Å²) in [5, 5.41) is 18.6. The molecule has 2 aromatic carbocycles. The molecule has 0 aliphatic carbocycles. The SMILES string of the molecule is CCCCc1ccccc1Cc1cccc(C(=O)O)c1C(=O)O. The van der Waals surface area contributed by atoms with Crippen molar-refractivity contribution in [3.8, 4) is 0 Å². The zero-order valence-corrected chi connectivity index (χ0v) is 13.1. The first-order chi connectivity index (χ1) is 11.0. The maximum absolute atomic E-state index is 11.5. The Hall–Kier alpha value is -2.62. The van der Waals surface area contributed by atoms with E-state index in [-0.39, 0.29) is 11.1 Å². The molecule has 2 N–H and O–H groups in total. The Labute approximate surface area is 135 Å². The molecule has 0 bridgehead atoms. The second-order valence-corrected chi connectivity index (χ2v) is 5.50. The highest BCUT2D eigenvalue weighted by molar-refractivity contribution is 6.02. The lowest BCUT2D eigenvalue weighted by Crippen LogP contribution is -2.12. The van der Waals surface area contributed by atoms with Crippen LogP contribution in [0.25, 0.3) is 0 Å². The van der Waals surface area contributed by atoms with Crippen molar-refractivity contribution in [2.75, 3.05) is 0 Å². The summed E-state index contributed by atoms with van der Waals surface area (Å²) in [7, 11) is 0. The third kappa shape index (κ3) is 3.97. The highest BCUT2D eigenvalue weighted by Gasteiger charge is 2.20. The van der Waals surface area contributed by atoms with Gasteiger partial charge in [0.25, 0.3) is 0 Å². The molecule has 0 aromatic heterocycles. The van der Waals surface area contributed by atoms with Gasteiger partial charge in [0.2, 0.25) is 0 Å². The minimum absolute atomic E-state index is 0.120. The van der Waals surface area contributed by atoms with Gasteiger partial charge in [-0.1, -0.05) is 49.7 Å². The molecule has 23 heavy (non-hydrogen) atoms. The minimum Gasteiger partial charge on any atom is -0.478 e. The Morgan fingerprint density at radius 3 is 2.13 bits per heavy atom. The van der Waals surface area contributed by atoms with Crippen molar-refractivity contribution < 1.29 is 19.8 Å². The summed E-state index contributed by atoms with van der Waals surface area (Å²) in [4.78, 5) is 22.8. The number of hydrogen-bond acceptors (Lipinski definition) is 2. The highest BCUT2D eigenvalue weighted by atomic mass is 16.4. The zero-order valence-electron chi connectivity index (χ0n) is 13.1. The molecular weight excluding hydrogens is 292 g/mol. The molecule has 0 saturated carbocycles. The molecule has 0 spiro atoms. The number of benzene rings is 2. The van der Waals surface area contributed by atoms with E-state index in [4.69, 9.17) is 0 Å². The summed E-state index contributed by atoms with van der Waals surface area (Å²) in [6, 6.07) is 12.5. The summed E-state index contributed by atoms with van der Waals surface area (Å²) in [6.45, 7) is 2.13. The van der Waals surface area contributed by atoms with Crippen molar-refractivity contribution in [2.45, 2.75) is 32.6 Å². The van der Waals surface area contributed by atoms with Gasteiger partial charge in [0.1, 0.15) is 0 Å². The number of hydrogen-bond donors (Lipinski definition) is 2. The quantitative estimate of drug-likeness (QED) is 0.810. The zero-order chi connectivity index (χ0) is 16.8. The highest BCUT2D eigenvalue weighted by Crippen LogP contribution is 2.22. The van der Waals surface area contributed by atoms with Gasteiger partial charge in [-0.25, -0.2) is 9.59 Å². The molecule has 0 aliphatic heterocycles. The number of carboxylic acids is 2. The van der Waals surface area contributed by atoms with E-state index in [1.807, 2.05) is 24.3 Å². The van der Waals surface area contributed by atoms with Gasteiger partial charge in [-0.3, -0.25) is 0 Å². The maximum Gasteiger partial charge on any atom is 0.336 e. The van der Waals surface area contributed by atoms with E-state index in [9.17, 15) is 19.8 Å². The van der Waals surface area contributed by atoms with Crippen LogP contribution in [0.2, 0.25) is 0 Å². The molecule has 4 heteroatoms. The Morgan fingerprint density at radius 1 is 0.870 bits per heavy atom. The van der Waals surface area contributed by atoms with Crippen molar-refractivity contribution >= 4 is 11.9 Å². The molecule has 4 nitrogen and oxygen atoms in total. The van der Waals surface area contributed by atoms with E-state index in [2.05, 4.69) is 6.92 Å². The van der Waals surface area contributed by atoms with Crippen molar-refractivity contribution in [1.29, 1.82) is 0 Å². The van der Waals surface area contributed by atoms with Crippen LogP contribution in [0.3, 0.4) is 0 Å². The molecule has 0 aliphatic rings. The van der Waals surface area contributed by atoms with Crippen LogP contribution in [0, 0.1) is 0 Å². The molecule has 0 radical (unpaired) electrons. The Balaban J connectivity index is 2.43. The smallest absolute Gasteiger partial charge is 0.336 e. The first-order valence-electron chi connectivity index (χ1n) is 7.69. The summed E-state index contributed by atoms with van der Waals surface area (Å²) in [5.74, 6) is -2.42. The van der Waals surface area contributed by atoms with Crippen LogP contribution in [0.15, 0.2) is 42.5 Å². The molecular formula is C19H20O4. The van der Waals surface area contributed by atoms with E-state index in [1.54, 1.807) is 12.1 Å². The van der Waals surface area contributed by atoms with E-state index in [0.29, 0.717) is 12.0 Å². The topological polar surface area (TPSA) is 74.6 Å². The van der Waals surface area contributed by atoms with E-state index >= 15 is 0 Å². The van der Waals surface area contributed by atoms with Gasteiger partial charge in [0.05, 0.1) is 11.1 Å². The molecule has 0 atom stereocenters. The van der Waals surface area contributed by atoms with Gasteiger partial charge in [-0.15, -0.1) is 0 Å². The normalized spacial score (nSPS) is 10.5. The lowest BCUT2D eigenvalue weighted by Gasteiger charge is -2.12. The molecule has 0 heterocycles. The number of carbonyl (C=O) groups is 2. The van der Waals surface area contributed by atoms with E-state index in [0.717, 1.165) is 24.8 Å². The number of unbranched alkanes of at least 4 members (excludes halogenated alkanes) is 1. The molecule has 0 amide bonds. The maximum atomic E-state index is 11.5. The lowest BCUT2D eigenvalue weighted by atomic mass is 9.92. The predicted molar refractivity (Wildman–Crippen MR) is 88.2 cm³/mol. The molecule has 0 saturated heterocycles. The largest absolute Gasteiger partial charge is 0.478 e. The monoisotopic (exact) mass is 312 g/mol. The van der Waals surface area contributed by atoms with Gasteiger partial charge in [-0.05, 0) is 42.0 Å². The third-order valence-corrected chi connectivity index (χ3v) is 3.89.